The molecule has 1 aromatic carbocycles. The summed E-state index contributed by atoms with van der Waals surface area (Å²) in [6.07, 6.45) is 0. The van der Waals surface area contributed by atoms with Crippen LogP contribution in [0.2, 0.25) is 0 Å². The zero-order valence-corrected chi connectivity index (χ0v) is 13.0. The molecular weight excluding hydrogens is 324 g/mol. The summed E-state index contributed by atoms with van der Waals surface area (Å²) in [5, 5.41) is 11.7. The predicted molar refractivity (Wildman–Crippen MR) is 82.2 cm³/mol. The molecule has 20 heavy (non-hydrogen) atoms. The molecule has 0 heterocycles. The number of carboxylic acid groups (broad SMARTS) is 1. The Labute approximate surface area is 126 Å². The highest BCUT2D eigenvalue weighted by molar-refractivity contribution is 9.10. The lowest BCUT2D eigenvalue weighted by Crippen LogP contribution is -2.36. The number of urea groups is 1. The van der Waals surface area contributed by atoms with Gasteiger partial charge >= 0.3 is 12.0 Å². The molecule has 0 aliphatic heterocycles. The largest absolute Gasteiger partial charge is 0.478 e. The van der Waals surface area contributed by atoms with Gasteiger partial charge in [0.05, 0.1) is 11.3 Å². The number of likely N-dealkylation sites (N-methyl/N-ethyl adjacent to an activating group) is 1. The van der Waals surface area contributed by atoms with Crippen LogP contribution < -0.4 is 5.32 Å². The topological polar surface area (TPSA) is 69.6 Å². The third kappa shape index (κ3) is 4.38. The van der Waals surface area contributed by atoms with Gasteiger partial charge in [-0.2, -0.15) is 0 Å². The molecule has 0 aliphatic carbocycles. The Hall–Kier alpha value is -1.82. The number of nitrogens with zero attached hydrogens (tertiary/aromatic N) is 1. The number of nitrogens with one attached hydrogen (secondary N) is 1. The summed E-state index contributed by atoms with van der Waals surface area (Å²) in [5.41, 5.74) is 1.42. The number of carbonyl (C=O) groups excluding carboxylic acids is 1. The number of rotatable bonds is 5. The lowest BCUT2D eigenvalue weighted by molar-refractivity contribution is 0.0697. The lowest BCUT2D eigenvalue weighted by atomic mass is 10.2. The van der Waals surface area contributed by atoms with Crippen LogP contribution in [0.15, 0.2) is 34.8 Å². The average molecular weight is 341 g/mol. The van der Waals surface area contributed by atoms with Crippen LogP contribution in [0.25, 0.3) is 0 Å². The summed E-state index contributed by atoms with van der Waals surface area (Å²) in [5.74, 6) is -1.04. The van der Waals surface area contributed by atoms with Crippen LogP contribution in [0.1, 0.15) is 24.2 Å². The maximum Gasteiger partial charge on any atom is 0.335 e. The van der Waals surface area contributed by atoms with Crippen LogP contribution in [0.5, 0.6) is 0 Å². The number of hydrogen-bond acceptors (Lipinski definition) is 2. The van der Waals surface area contributed by atoms with Crippen molar-refractivity contribution in [2.24, 2.45) is 0 Å². The third-order valence-corrected chi connectivity index (χ3v) is 3.28. The molecule has 0 aromatic heterocycles. The Bertz CT molecular complexity index is 543. The Balaban J connectivity index is 2.91. The maximum atomic E-state index is 12.1. The van der Waals surface area contributed by atoms with Gasteiger partial charge in [-0.25, -0.2) is 9.59 Å². The summed E-state index contributed by atoms with van der Waals surface area (Å²) in [6, 6.07) is 4.18. The molecule has 0 saturated carbocycles. The smallest absolute Gasteiger partial charge is 0.335 e. The highest BCUT2D eigenvalue weighted by Crippen LogP contribution is 2.24. The fourth-order valence-electron chi connectivity index (χ4n) is 1.60. The van der Waals surface area contributed by atoms with E-state index in [1.54, 1.807) is 11.0 Å². The van der Waals surface area contributed by atoms with E-state index >= 15 is 0 Å². The van der Waals surface area contributed by atoms with Crippen molar-refractivity contribution in [3.63, 3.8) is 0 Å². The van der Waals surface area contributed by atoms with E-state index in [0.29, 0.717) is 23.2 Å². The van der Waals surface area contributed by atoms with Gasteiger partial charge in [-0.1, -0.05) is 12.2 Å². The van der Waals surface area contributed by atoms with Crippen LogP contribution in [0.3, 0.4) is 0 Å². The molecule has 2 N–H and O–H groups in total. The Morgan fingerprint density at radius 3 is 2.60 bits per heavy atom. The van der Waals surface area contributed by atoms with E-state index in [4.69, 9.17) is 5.11 Å². The summed E-state index contributed by atoms with van der Waals surface area (Å²) < 4.78 is 0.627. The first-order valence-corrected chi connectivity index (χ1v) is 6.87. The molecule has 0 fully saturated rings. The van der Waals surface area contributed by atoms with Crippen molar-refractivity contribution < 1.29 is 14.7 Å². The molecule has 6 heteroatoms. The molecule has 0 atom stereocenters. The van der Waals surface area contributed by atoms with Crippen molar-refractivity contribution in [3.05, 3.63) is 40.4 Å². The molecule has 0 unspecified atom stereocenters. The van der Waals surface area contributed by atoms with Crippen LogP contribution in [-0.4, -0.2) is 35.1 Å². The SMILES string of the molecule is C=C(C)CN(CC)C(=O)Nc1cc(C(=O)O)ccc1Br. The summed E-state index contributed by atoms with van der Waals surface area (Å²) >= 11 is 3.29. The normalized spacial score (nSPS) is 9.95. The van der Waals surface area contributed by atoms with Crippen LogP contribution in [0, 0.1) is 0 Å². The quantitative estimate of drug-likeness (QED) is 0.805. The van der Waals surface area contributed by atoms with E-state index in [0.717, 1.165) is 5.57 Å². The van der Waals surface area contributed by atoms with Gasteiger partial charge in [-0.3, -0.25) is 0 Å². The molecule has 0 aliphatic rings. The second-order valence-corrected chi connectivity index (χ2v) is 5.26. The minimum atomic E-state index is -1.04. The zero-order valence-electron chi connectivity index (χ0n) is 11.4. The van der Waals surface area contributed by atoms with E-state index < -0.39 is 5.97 Å². The van der Waals surface area contributed by atoms with E-state index in [1.165, 1.54) is 12.1 Å². The van der Waals surface area contributed by atoms with Gasteiger partial charge in [0.25, 0.3) is 0 Å². The Kier molecular flexibility index (Phi) is 5.76. The number of carboxylic acids is 1. The van der Waals surface area contributed by atoms with Crippen molar-refractivity contribution >= 4 is 33.6 Å². The average Bonchev–Trinajstić information content (AvgIpc) is 2.37. The van der Waals surface area contributed by atoms with Gasteiger partial charge in [0, 0.05) is 17.6 Å². The Morgan fingerprint density at radius 1 is 1.45 bits per heavy atom. The number of benzene rings is 1. The molecule has 1 rings (SSSR count). The minimum absolute atomic E-state index is 0.117. The predicted octanol–water partition coefficient (Wildman–Crippen LogP) is 3.58. The monoisotopic (exact) mass is 340 g/mol. The van der Waals surface area contributed by atoms with E-state index in [-0.39, 0.29) is 11.6 Å². The molecule has 0 radical (unpaired) electrons. The summed E-state index contributed by atoms with van der Waals surface area (Å²) in [7, 11) is 0. The van der Waals surface area contributed by atoms with E-state index in [9.17, 15) is 9.59 Å². The first-order chi connectivity index (χ1) is 9.35. The van der Waals surface area contributed by atoms with Crippen LogP contribution in [0.4, 0.5) is 10.5 Å². The van der Waals surface area contributed by atoms with Gasteiger partial charge in [-0.15, -0.1) is 0 Å². The number of anilines is 1. The van der Waals surface area contributed by atoms with Crippen LogP contribution in [-0.2, 0) is 0 Å². The summed E-state index contributed by atoms with van der Waals surface area (Å²) in [4.78, 5) is 24.6. The summed E-state index contributed by atoms with van der Waals surface area (Å²) in [6.45, 7) is 8.48. The first-order valence-electron chi connectivity index (χ1n) is 6.08. The molecule has 0 spiro atoms. The standard InChI is InChI=1S/C14H17BrN2O3/c1-4-17(8-9(2)3)14(20)16-12-7-10(13(18)19)5-6-11(12)15/h5-7H,2,4,8H2,1,3H3,(H,16,20)(H,18,19). The van der Waals surface area contributed by atoms with Crippen molar-refractivity contribution in [1.82, 2.24) is 4.90 Å². The molecule has 2 amide bonds. The van der Waals surface area contributed by atoms with Gasteiger partial charge in [0.15, 0.2) is 0 Å². The Morgan fingerprint density at radius 2 is 2.10 bits per heavy atom. The van der Waals surface area contributed by atoms with Gasteiger partial charge in [0.1, 0.15) is 0 Å². The van der Waals surface area contributed by atoms with Crippen molar-refractivity contribution in [2.45, 2.75) is 13.8 Å². The van der Waals surface area contributed by atoms with Gasteiger partial charge in [0.2, 0.25) is 0 Å². The zero-order chi connectivity index (χ0) is 15.3. The number of amides is 2. The second kappa shape index (κ2) is 7.09. The van der Waals surface area contributed by atoms with E-state index in [1.807, 2.05) is 13.8 Å². The van der Waals surface area contributed by atoms with Gasteiger partial charge in [-0.05, 0) is 48.0 Å². The molecule has 0 saturated heterocycles. The van der Waals surface area contributed by atoms with Crippen molar-refractivity contribution in [1.29, 1.82) is 0 Å². The number of aromatic carboxylic acids is 1. The molecule has 0 bridgehead atoms. The number of halogens is 1. The lowest BCUT2D eigenvalue weighted by Gasteiger charge is -2.22. The van der Waals surface area contributed by atoms with Crippen molar-refractivity contribution in [2.75, 3.05) is 18.4 Å². The number of hydrogen-bond donors (Lipinski definition) is 2. The fourth-order valence-corrected chi connectivity index (χ4v) is 1.95. The second-order valence-electron chi connectivity index (χ2n) is 4.40. The maximum absolute atomic E-state index is 12.1. The van der Waals surface area contributed by atoms with Gasteiger partial charge < -0.3 is 15.3 Å². The number of carbonyl (C=O) groups is 2. The third-order valence-electron chi connectivity index (χ3n) is 2.58. The van der Waals surface area contributed by atoms with Crippen molar-refractivity contribution in [3.8, 4) is 0 Å². The highest BCUT2D eigenvalue weighted by Gasteiger charge is 2.14. The molecular formula is C14H17BrN2O3. The molecule has 1 aromatic rings. The first kappa shape index (κ1) is 16.2. The highest BCUT2D eigenvalue weighted by atomic mass is 79.9. The fraction of sp³-hybridized carbons (Fsp3) is 0.286. The van der Waals surface area contributed by atoms with Crippen LogP contribution >= 0.6 is 15.9 Å². The molecule has 5 nitrogen and oxygen atoms in total. The molecule has 108 valence electrons. The minimum Gasteiger partial charge on any atom is -0.478 e. The van der Waals surface area contributed by atoms with E-state index in [2.05, 4.69) is 27.8 Å².